The monoisotopic (exact) mass is 353 g/mol. The minimum atomic E-state index is -0.551. The average molecular weight is 353 g/mol. The Bertz CT molecular complexity index is 841. The lowest BCUT2D eigenvalue weighted by molar-refractivity contribution is 0.0777. The first-order valence-corrected chi connectivity index (χ1v) is 9.14. The quantitative estimate of drug-likeness (QED) is 0.846. The highest BCUT2D eigenvalue weighted by molar-refractivity contribution is 5.94. The molecule has 2 aromatic rings. The van der Waals surface area contributed by atoms with Crippen LogP contribution in [0.1, 0.15) is 34.8 Å². The maximum Gasteiger partial charge on any atom is 0.256 e. The molecule has 1 amide bonds. The second kappa shape index (κ2) is 6.00. The van der Waals surface area contributed by atoms with Gasteiger partial charge in [-0.15, -0.1) is 0 Å². The van der Waals surface area contributed by atoms with E-state index in [4.69, 9.17) is 0 Å². The SMILES string of the molecule is O=C(c1ccncc1F)N1CC2CN(c3cc(C4CC4)ncn3)CC2C1. The first-order chi connectivity index (χ1) is 12.7. The van der Waals surface area contributed by atoms with Gasteiger partial charge in [-0.25, -0.2) is 14.4 Å². The smallest absolute Gasteiger partial charge is 0.256 e. The van der Waals surface area contributed by atoms with Gasteiger partial charge in [-0.05, 0) is 18.9 Å². The van der Waals surface area contributed by atoms with Gasteiger partial charge in [-0.3, -0.25) is 9.78 Å². The number of carbonyl (C=O) groups excluding carboxylic acids is 1. The first-order valence-electron chi connectivity index (χ1n) is 9.14. The Kier molecular flexibility index (Phi) is 3.62. The van der Waals surface area contributed by atoms with Crippen molar-refractivity contribution in [3.63, 3.8) is 0 Å². The highest BCUT2D eigenvalue weighted by Crippen LogP contribution is 2.40. The molecule has 2 aromatic heterocycles. The molecule has 0 spiro atoms. The Balaban J connectivity index is 1.27. The molecule has 3 aliphatic rings. The van der Waals surface area contributed by atoms with E-state index in [1.54, 1.807) is 11.2 Å². The van der Waals surface area contributed by atoms with Gasteiger partial charge in [0, 0.05) is 61.9 Å². The highest BCUT2D eigenvalue weighted by atomic mass is 19.1. The van der Waals surface area contributed by atoms with Crippen LogP contribution in [-0.2, 0) is 0 Å². The highest BCUT2D eigenvalue weighted by Gasteiger charge is 2.42. The van der Waals surface area contributed by atoms with Gasteiger partial charge in [0.25, 0.3) is 5.91 Å². The molecule has 2 atom stereocenters. The van der Waals surface area contributed by atoms with Crippen molar-refractivity contribution in [1.29, 1.82) is 0 Å². The lowest BCUT2D eigenvalue weighted by Gasteiger charge is -2.22. The van der Waals surface area contributed by atoms with E-state index < -0.39 is 5.82 Å². The van der Waals surface area contributed by atoms with Gasteiger partial charge in [-0.2, -0.15) is 0 Å². The van der Waals surface area contributed by atoms with Crippen LogP contribution in [0.25, 0.3) is 0 Å². The number of fused-ring (bicyclic) bond motifs is 1. The van der Waals surface area contributed by atoms with Gasteiger partial charge in [0.2, 0.25) is 0 Å². The van der Waals surface area contributed by atoms with Crippen molar-refractivity contribution in [2.24, 2.45) is 11.8 Å². The summed E-state index contributed by atoms with van der Waals surface area (Å²) in [6.07, 6.45) is 6.67. The van der Waals surface area contributed by atoms with E-state index in [9.17, 15) is 9.18 Å². The molecule has 6 nitrogen and oxygen atoms in total. The molecule has 2 unspecified atom stereocenters. The fraction of sp³-hybridized carbons (Fsp3) is 0.474. The molecular formula is C19H20FN5O. The van der Waals surface area contributed by atoms with Crippen LogP contribution in [-0.4, -0.2) is 51.9 Å². The summed E-state index contributed by atoms with van der Waals surface area (Å²) in [5, 5.41) is 0. The van der Waals surface area contributed by atoms with Crippen molar-refractivity contribution in [1.82, 2.24) is 19.9 Å². The van der Waals surface area contributed by atoms with E-state index in [-0.39, 0.29) is 11.5 Å². The van der Waals surface area contributed by atoms with Crippen molar-refractivity contribution < 1.29 is 9.18 Å². The summed E-state index contributed by atoms with van der Waals surface area (Å²) >= 11 is 0. The fourth-order valence-corrected chi connectivity index (χ4v) is 4.20. The summed E-state index contributed by atoms with van der Waals surface area (Å²) in [4.78, 5) is 29.2. The molecule has 7 heteroatoms. The third kappa shape index (κ3) is 2.71. The normalized spacial score (nSPS) is 24.8. The van der Waals surface area contributed by atoms with Crippen LogP contribution in [0, 0.1) is 17.7 Å². The van der Waals surface area contributed by atoms with Crippen molar-refractivity contribution >= 4 is 11.7 Å². The molecule has 0 bridgehead atoms. The minimum absolute atomic E-state index is 0.113. The minimum Gasteiger partial charge on any atom is -0.356 e. The van der Waals surface area contributed by atoms with Gasteiger partial charge in [0.15, 0.2) is 5.82 Å². The number of pyridine rings is 1. The number of anilines is 1. The number of rotatable bonds is 3. The van der Waals surface area contributed by atoms with Gasteiger partial charge < -0.3 is 9.80 Å². The van der Waals surface area contributed by atoms with E-state index in [2.05, 4.69) is 25.9 Å². The lowest BCUT2D eigenvalue weighted by atomic mass is 10.0. The molecule has 0 N–H and O–H groups in total. The summed E-state index contributed by atoms with van der Waals surface area (Å²) in [5.41, 5.74) is 1.26. The van der Waals surface area contributed by atoms with E-state index in [0.29, 0.717) is 30.8 Å². The number of likely N-dealkylation sites (tertiary alicyclic amines) is 1. The third-order valence-electron chi connectivity index (χ3n) is 5.77. The number of halogens is 1. The molecule has 1 saturated carbocycles. The van der Waals surface area contributed by atoms with Crippen molar-refractivity contribution in [2.45, 2.75) is 18.8 Å². The van der Waals surface area contributed by atoms with Crippen LogP contribution < -0.4 is 4.90 Å². The molecule has 3 fully saturated rings. The topological polar surface area (TPSA) is 62.2 Å². The predicted molar refractivity (Wildman–Crippen MR) is 93.3 cm³/mol. The zero-order chi connectivity index (χ0) is 17.7. The molecule has 0 aromatic carbocycles. The number of hydrogen-bond donors (Lipinski definition) is 0. The molecule has 134 valence electrons. The van der Waals surface area contributed by atoms with Gasteiger partial charge in [-0.1, -0.05) is 0 Å². The van der Waals surface area contributed by atoms with E-state index in [1.165, 1.54) is 25.1 Å². The van der Waals surface area contributed by atoms with Crippen molar-refractivity contribution in [3.8, 4) is 0 Å². The number of nitrogens with zero attached hydrogens (tertiary/aromatic N) is 5. The summed E-state index contributed by atoms with van der Waals surface area (Å²) in [5.74, 6) is 1.64. The van der Waals surface area contributed by atoms with Gasteiger partial charge in [0.05, 0.1) is 11.8 Å². The van der Waals surface area contributed by atoms with Crippen molar-refractivity contribution in [3.05, 3.63) is 47.9 Å². The predicted octanol–water partition coefficient (Wildman–Crippen LogP) is 2.10. The summed E-state index contributed by atoms with van der Waals surface area (Å²) in [6, 6.07) is 3.58. The lowest BCUT2D eigenvalue weighted by Crippen LogP contribution is -2.34. The Morgan fingerprint density at radius 1 is 1.12 bits per heavy atom. The molecule has 2 saturated heterocycles. The number of aromatic nitrogens is 3. The Labute approximate surface area is 151 Å². The molecule has 26 heavy (non-hydrogen) atoms. The van der Waals surface area contributed by atoms with Gasteiger partial charge >= 0.3 is 0 Å². The summed E-state index contributed by atoms with van der Waals surface area (Å²) in [6.45, 7) is 3.10. The van der Waals surface area contributed by atoms with Crippen LogP contribution in [0.15, 0.2) is 30.9 Å². The van der Waals surface area contributed by atoms with Crippen LogP contribution in [0.3, 0.4) is 0 Å². The van der Waals surface area contributed by atoms with E-state index in [1.807, 2.05) is 0 Å². The second-order valence-corrected chi connectivity index (χ2v) is 7.57. The van der Waals surface area contributed by atoms with E-state index >= 15 is 0 Å². The van der Waals surface area contributed by atoms with Gasteiger partial charge in [0.1, 0.15) is 12.1 Å². The van der Waals surface area contributed by atoms with Crippen LogP contribution in [0.5, 0.6) is 0 Å². The third-order valence-corrected chi connectivity index (χ3v) is 5.77. The fourth-order valence-electron chi connectivity index (χ4n) is 4.20. The van der Waals surface area contributed by atoms with Crippen LogP contribution in [0.4, 0.5) is 10.2 Å². The Morgan fingerprint density at radius 2 is 1.88 bits per heavy atom. The van der Waals surface area contributed by atoms with Crippen LogP contribution in [0.2, 0.25) is 0 Å². The van der Waals surface area contributed by atoms with E-state index in [0.717, 1.165) is 30.8 Å². The Morgan fingerprint density at radius 3 is 2.58 bits per heavy atom. The molecule has 5 rings (SSSR count). The average Bonchev–Trinajstić information content (AvgIpc) is 3.32. The molecular weight excluding hydrogens is 333 g/mol. The number of amides is 1. The largest absolute Gasteiger partial charge is 0.356 e. The maximum absolute atomic E-state index is 13.8. The zero-order valence-corrected chi connectivity index (χ0v) is 14.4. The standard InChI is InChI=1S/C19H20FN5O/c20-16-6-21-4-3-15(16)19(26)25-9-13-7-24(8-14(13)10-25)18-5-17(12-1-2-12)22-11-23-18/h3-6,11-14H,1-2,7-10H2. The molecule has 2 aliphatic heterocycles. The number of carbonyl (C=O) groups is 1. The second-order valence-electron chi connectivity index (χ2n) is 7.57. The van der Waals surface area contributed by atoms with Crippen molar-refractivity contribution in [2.75, 3.05) is 31.1 Å². The summed E-state index contributed by atoms with van der Waals surface area (Å²) in [7, 11) is 0. The van der Waals surface area contributed by atoms with Crippen LogP contribution >= 0.6 is 0 Å². The molecule has 0 radical (unpaired) electrons. The maximum atomic E-state index is 13.8. The summed E-state index contributed by atoms with van der Waals surface area (Å²) < 4.78 is 13.8. The molecule has 4 heterocycles. The number of hydrogen-bond acceptors (Lipinski definition) is 5. The first kappa shape index (κ1) is 15.7. The molecule has 1 aliphatic carbocycles. The Hall–Kier alpha value is -2.57. The zero-order valence-electron chi connectivity index (χ0n) is 14.4.